The lowest BCUT2D eigenvalue weighted by Gasteiger charge is -2.32. The summed E-state index contributed by atoms with van der Waals surface area (Å²) in [6.07, 6.45) is 3.39. The molecule has 1 atom stereocenters. The van der Waals surface area contributed by atoms with Crippen LogP contribution in [-0.2, 0) is 9.59 Å². The van der Waals surface area contributed by atoms with Gasteiger partial charge in [-0.25, -0.2) is 4.79 Å². The van der Waals surface area contributed by atoms with E-state index >= 15 is 0 Å². The zero-order chi connectivity index (χ0) is 21.8. The van der Waals surface area contributed by atoms with Crippen LogP contribution in [0.4, 0.5) is 21.9 Å². The fourth-order valence-corrected chi connectivity index (χ4v) is 3.81. The van der Waals surface area contributed by atoms with Crippen molar-refractivity contribution in [1.82, 2.24) is 4.90 Å². The molecule has 0 spiro atoms. The topological polar surface area (TPSA) is 90.5 Å². The van der Waals surface area contributed by atoms with E-state index in [4.69, 9.17) is 0 Å². The first-order valence-corrected chi connectivity index (χ1v) is 10.8. The third kappa shape index (κ3) is 5.63. The summed E-state index contributed by atoms with van der Waals surface area (Å²) in [4.78, 5) is 39.1. The smallest absolute Gasteiger partial charge is 0.321 e. The molecule has 1 saturated heterocycles. The molecule has 1 heterocycles. The van der Waals surface area contributed by atoms with Gasteiger partial charge in [0.1, 0.15) is 0 Å². The van der Waals surface area contributed by atoms with Crippen LogP contribution in [0.2, 0.25) is 0 Å². The average Bonchev–Trinajstić information content (AvgIpc) is 3.60. The molecule has 1 aliphatic heterocycles. The van der Waals surface area contributed by atoms with E-state index in [1.807, 2.05) is 37.3 Å². The lowest BCUT2D eigenvalue weighted by Crippen LogP contribution is -2.45. The zero-order valence-corrected chi connectivity index (χ0v) is 17.7. The average molecular weight is 421 g/mol. The van der Waals surface area contributed by atoms with Crippen molar-refractivity contribution in [2.75, 3.05) is 29.0 Å². The maximum absolute atomic E-state index is 12.8. The molecular formula is C24H28N4O3. The minimum absolute atomic E-state index is 0.0334. The summed E-state index contributed by atoms with van der Waals surface area (Å²) in [6.45, 7) is 2.98. The van der Waals surface area contributed by atoms with Crippen molar-refractivity contribution in [2.24, 2.45) is 11.8 Å². The quantitative estimate of drug-likeness (QED) is 0.676. The van der Waals surface area contributed by atoms with Crippen molar-refractivity contribution >= 4 is 34.9 Å². The molecule has 3 N–H and O–H groups in total. The molecule has 7 heteroatoms. The van der Waals surface area contributed by atoms with Crippen molar-refractivity contribution in [3.05, 3.63) is 54.1 Å². The van der Waals surface area contributed by atoms with Gasteiger partial charge in [-0.3, -0.25) is 9.59 Å². The van der Waals surface area contributed by atoms with Crippen LogP contribution in [0.1, 0.15) is 31.2 Å². The molecule has 4 amide bonds. The Hall–Kier alpha value is -3.35. The van der Waals surface area contributed by atoms with Crippen LogP contribution in [-0.4, -0.2) is 35.8 Å². The highest BCUT2D eigenvalue weighted by Gasteiger charge is 2.30. The number of likely N-dealkylation sites (tertiary alicyclic amines) is 1. The molecule has 1 unspecified atom stereocenters. The second-order valence-corrected chi connectivity index (χ2v) is 8.42. The molecule has 162 valence electrons. The van der Waals surface area contributed by atoms with Gasteiger partial charge in [0.2, 0.25) is 11.8 Å². The minimum atomic E-state index is -0.276. The summed E-state index contributed by atoms with van der Waals surface area (Å²) in [6, 6.07) is 14.7. The van der Waals surface area contributed by atoms with Crippen LogP contribution in [0.5, 0.6) is 0 Å². The first-order valence-electron chi connectivity index (χ1n) is 10.8. The highest BCUT2D eigenvalue weighted by Crippen LogP contribution is 2.30. The minimum Gasteiger partial charge on any atom is -0.326 e. The number of benzene rings is 2. The van der Waals surface area contributed by atoms with Crippen molar-refractivity contribution in [1.29, 1.82) is 0 Å². The van der Waals surface area contributed by atoms with E-state index < -0.39 is 0 Å². The summed E-state index contributed by atoms with van der Waals surface area (Å²) in [5.74, 6) is -0.233. The summed E-state index contributed by atoms with van der Waals surface area (Å²) in [7, 11) is 0. The molecule has 2 aliphatic rings. The van der Waals surface area contributed by atoms with Crippen LogP contribution in [0.15, 0.2) is 48.5 Å². The number of rotatable bonds is 5. The predicted octanol–water partition coefficient (Wildman–Crippen LogP) is 4.23. The lowest BCUT2D eigenvalue weighted by atomic mass is 9.97. The number of anilines is 3. The standard InChI is InChI=1S/C24H28N4O3/c1-16-5-2-7-19(13-16)27-24(31)28-12-4-6-18(15-28)23(30)26-21-9-3-8-20(14-21)25-22(29)17-10-11-17/h2-3,5,7-9,13-14,17-18H,4,6,10-12,15H2,1H3,(H,25,29)(H,26,30)(H,27,31). The number of urea groups is 1. The molecule has 0 radical (unpaired) electrons. The van der Waals surface area contributed by atoms with Crippen molar-refractivity contribution in [3.8, 4) is 0 Å². The maximum atomic E-state index is 12.8. The number of nitrogens with one attached hydrogen (secondary N) is 3. The summed E-state index contributed by atoms with van der Waals surface area (Å²) < 4.78 is 0. The second kappa shape index (κ2) is 9.20. The highest BCUT2D eigenvalue weighted by atomic mass is 16.2. The number of aryl methyl sites for hydroxylation is 1. The van der Waals surface area contributed by atoms with E-state index in [0.29, 0.717) is 24.5 Å². The number of amides is 4. The van der Waals surface area contributed by atoms with Gasteiger partial charge < -0.3 is 20.9 Å². The van der Waals surface area contributed by atoms with Gasteiger partial charge in [-0.15, -0.1) is 0 Å². The van der Waals surface area contributed by atoms with Gasteiger partial charge in [0.25, 0.3) is 0 Å². The van der Waals surface area contributed by atoms with Crippen LogP contribution in [0, 0.1) is 18.8 Å². The molecular weight excluding hydrogens is 392 g/mol. The third-order valence-electron chi connectivity index (χ3n) is 5.69. The van der Waals surface area contributed by atoms with E-state index in [-0.39, 0.29) is 29.7 Å². The number of hydrogen-bond acceptors (Lipinski definition) is 3. The first kappa shape index (κ1) is 20.9. The number of carbonyl (C=O) groups is 3. The van der Waals surface area contributed by atoms with Crippen LogP contribution < -0.4 is 16.0 Å². The van der Waals surface area contributed by atoms with Gasteiger partial charge in [-0.2, -0.15) is 0 Å². The molecule has 2 fully saturated rings. The van der Waals surface area contributed by atoms with E-state index in [9.17, 15) is 14.4 Å². The van der Waals surface area contributed by atoms with Crippen molar-refractivity contribution in [3.63, 3.8) is 0 Å². The maximum Gasteiger partial charge on any atom is 0.321 e. The number of nitrogens with zero attached hydrogens (tertiary/aromatic N) is 1. The van der Waals surface area contributed by atoms with Crippen LogP contribution in [0.25, 0.3) is 0 Å². The molecule has 0 aromatic heterocycles. The fourth-order valence-electron chi connectivity index (χ4n) is 3.81. The van der Waals surface area contributed by atoms with Gasteiger partial charge in [0, 0.05) is 36.1 Å². The molecule has 2 aromatic rings. The van der Waals surface area contributed by atoms with Gasteiger partial charge in [-0.1, -0.05) is 18.2 Å². The Morgan fingerprint density at radius 3 is 2.06 bits per heavy atom. The fraction of sp³-hybridized carbons (Fsp3) is 0.375. The Morgan fingerprint density at radius 1 is 0.806 bits per heavy atom. The summed E-state index contributed by atoms with van der Waals surface area (Å²) in [5, 5.41) is 8.75. The van der Waals surface area contributed by atoms with E-state index in [1.54, 1.807) is 23.1 Å². The number of piperidine rings is 1. The van der Waals surface area contributed by atoms with E-state index in [2.05, 4.69) is 16.0 Å². The zero-order valence-electron chi connectivity index (χ0n) is 17.7. The van der Waals surface area contributed by atoms with E-state index in [0.717, 1.165) is 36.9 Å². The number of carbonyl (C=O) groups excluding carboxylic acids is 3. The number of hydrogen-bond donors (Lipinski definition) is 3. The van der Waals surface area contributed by atoms with Gasteiger partial charge in [0.15, 0.2) is 0 Å². The Morgan fingerprint density at radius 2 is 1.42 bits per heavy atom. The molecule has 1 aliphatic carbocycles. The Balaban J connectivity index is 1.33. The van der Waals surface area contributed by atoms with Gasteiger partial charge in [-0.05, 0) is 68.5 Å². The highest BCUT2D eigenvalue weighted by molar-refractivity contribution is 5.97. The predicted molar refractivity (Wildman–Crippen MR) is 121 cm³/mol. The van der Waals surface area contributed by atoms with Gasteiger partial charge >= 0.3 is 6.03 Å². The third-order valence-corrected chi connectivity index (χ3v) is 5.69. The molecule has 2 aromatic carbocycles. The molecule has 1 saturated carbocycles. The SMILES string of the molecule is Cc1cccc(NC(=O)N2CCCC(C(=O)Nc3cccc(NC(=O)C4CC4)c3)C2)c1. The normalized spacial score (nSPS) is 18.2. The summed E-state index contributed by atoms with van der Waals surface area (Å²) >= 11 is 0. The monoisotopic (exact) mass is 420 g/mol. The van der Waals surface area contributed by atoms with Crippen LogP contribution in [0.3, 0.4) is 0 Å². The Bertz CT molecular complexity index is 986. The largest absolute Gasteiger partial charge is 0.326 e. The van der Waals surface area contributed by atoms with Crippen LogP contribution >= 0.6 is 0 Å². The molecule has 7 nitrogen and oxygen atoms in total. The Kier molecular flexibility index (Phi) is 6.21. The van der Waals surface area contributed by atoms with E-state index in [1.165, 1.54) is 0 Å². The summed E-state index contributed by atoms with van der Waals surface area (Å²) in [5.41, 5.74) is 3.14. The van der Waals surface area contributed by atoms with Gasteiger partial charge in [0.05, 0.1) is 5.92 Å². The van der Waals surface area contributed by atoms with Crippen molar-refractivity contribution in [2.45, 2.75) is 32.6 Å². The first-order chi connectivity index (χ1) is 15.0. The Labute approximate surface area is 182 Å². The molecule has 4 rings (SSSR count). The molecule has 0 bridgehead atoms. The van der Waals surface area contributed by atoms with Crippen molar-refractivity contribution < 1.29 is 14.4 Å². The second-order valence-electron chi connectivity index (χ2n) is 8.42. The molecule has 31 heavy (non-hydrogen) atoms. The lowest BCUT2D eigenvalue weighted by molar-refractivity contribution is -0.121.